The summed E-state index contributed by atoms with van der Waals surface area (Å²) in [5, 5.41) is 19.8. The van der Waals surface area contributed by atoms with Crippen molar-refractivity contribution in [3.63, 3.8) is 0 Å². The molecule has 0 aliphatic heterocycles. The Balaban J connectivity index is 2.63. The molecule has 0 aliphatic carbocycles. The summed E-state index contributed by atoms with van der Waals surface area (Å²) in [6, 6.07) is 0. The summed E-state index contributed by atoms with van der Waals surface area (Å²) in [5.74, 6) is -1.89. The molecule has 1 aromatic rings. The fourth-order valence-electron chi connectivity index (χ4n) is 1.31. The molecular weight excluding hydrogens is 236 g/mol. The molecule has 3 N–H and O–H groups in total. The second-order valence-electron chi connectivity index (χ2n) is 5.63. The van der Waals surface area contributed by atoms with Crippen LogP contribution in [0, 0.1) is 5.92 Å². The Morgan fingerprint density at radius 2 is 1.94 bits per heavy atom. The lowest BCUT2D eigenvalue weighted by atomic mass is 9.97. The zero-order chi connectivity index (χ0) is 13.3. The molecule has 0 unspecified atom stereocenters. The third-order valence-corrected chi connectivity index (χ3v) is 3.48. The summed E-state index contributed by atoms with van der Waals surface area (Å²) in [4.78, 5) is 7.48. The molecule has 0 bridgehead atoms. The van der Waals surface area contributed by atoms with E-state index in [9.17, 15) is 10.2 Å². The Kier molecular flexibility index (Phi) is 4.28. The van der Waals surface area contributed by atoms with E-state index in [0.29, 0.717) is 6.42 Å². The predicted molar refractivity (Wildman–Crippen MR) is 69.9 cm³/mol. The van der Waals surface area contributed by atoms with Gasteiger partial charge in [-0.15, -0.1) is 0 Å². The summed E-state index contributed by atoms with van der Waals surface area (Å²) in [7, 11) is 0. The normalized spacial score (nSPS) is 15.0. The van der Waals surface area contributed by atoms with Gasteiger partial charge in [-0.3, -0.25) is 0 Å². The monoisotopic (exact) mass is 258 g/mol. The van der Waals surface area contributed by atoms with Gasteiger partial charge in [0.15, 0.2) is 10.9 Å². The third kappa shape index (κ3) is 5.10. The Morgan fingerprint density at radius 1 is 1.35 bits per heavy atom. The summed E-state index contributed by atoms with van der Waals surface area (Å²) in [6.07, 6.45) is 2.33. The molecular formula is C12H22N2O2S. The lowest BCUT2D eigenvalue weighted by molar-refractivity contribution is -0.180. The van der Waals surface area contributed by atoms with Crippen molar-refractivity contribution in [2.24, 2.45) is 5.92 Å². The van der Waals surface area contributed by atoms with Crippen molar-refractivity contribution in [2.45, 2.75) is 56.7 Å². The number of aliphatic hydroxyl groups is 2. The average molecular weight is 258 g/mol. The van der Waals surface area contributed by atoms with E-state index in [1.165, 1.54) is 6.92 Å². The molecule has 0 aromatic carbocycles. The van der Waals surface area contributed by atoms with Crippen molar-refractivity contribution in [1.82, 2.24) is 9.97 Å². The highest BCUT2D eigenvalue weighted by Crippen LogP contribution is 2.29. The van der Waals surface area contributed by atoms with E-state index in [2.05, 4.69) is 30.7 Å². The second kappa shape index (κ2) is 5.00. The Morgan fingerprint density at radius 3 is 2.41 bits per heavy atom. The minimum absolute atomic E-state index is 0.114. The number of nitrogens with one attached hydrogen (secondary N) is 1. The number of aromatic nitrogens is 2. The van der Waals surface area contributed by atoms with E-state index in [1.54, 1.807) is 24.9 Å². The van der Waals surface area contributed by atoms with Crippen molar-refractivity contribution in [2.75, 3.05) is 0 Å². The van der Waals surface area contributed by atoms with Crippen LogP contribution in [0.5, 0.6) is 0 Å². The van der Waals surface area contributed by atoms with Gasteiger partial charge in [0.2, 0.25) is 0 Å². The van der Waals surface area contributed by atoms with Gasteiger partial charge < -0.3 is 15.2 Å². The van der Waals surface area contributed by atoms with Crippen LogP contribution in [-0.2, 0) is 6.42 Å². The number of nitrogens with zero attached hydrogens (tertiary/aromatic N) is 1. The van der Waals surface area contributed by atoms with Crippen molar-refractivity contribution in [3.8, 4) is 0 Å². The summed E-state index contributed by atoms with van der Waals surface area (Å²) >= 11 is 1.66. The number of rotatable bonds is 4. The highest BCUT2D eigenvalue weighted by Gasteiger charge is 2.25. The maximum Gasteiger partial charge on any atom is 0.165 e. The van der Waals surface area contributed by atoms with Gasteiger partial charge in [-0.2, -0.15) is 0 Å². The highest BCUT2D eigenvalue weighted by molar-refractivity contribution is 8.00. The first kappa shape index (κ1) is 14.5. The van der Waals surface area contributed by atoms with Crippen molar-refractivity contribution >= 4 is 11.8 Å². The Hall–Kier alpha value is -0.520. The second-order valence-corrected chi connectivity index (χ2v) is 7.44. The summed E-state index contributed by atoms with van der Waals surface area (Å²) in [6.45, 7) is 9.58. The van der Waals surface area contributed by atoms with Crippen molar-refractivity contribution < 1.29 is 10.2 Å². The first-order chi connectivity index (χ1) is 7.58. The van der Waals surface area contributed by atoms with E-state index < -0.39 is 5.79 Å². The van der Waals surface area contributed by atoms with Crippen LogP contribution < -0.4 is 0 Å². The fourth-order valence-corrected chi connectivity index (χ4v) is 2.17. The Bertz CT molecular complexity index is 363. The van der Waals surface area contributed by atoms with Crippen molar-refractivity contribution in [3.05, 3.63) is 11.9 Å². The molecule has 0 aliphatic rings. The molecule has 0 fully saturated rings. The number of aromatic amines is 1. The molecule has 1 atom stereocenters. The maximum atomic E-state index is 9.46. The molecule has 0 amide bonds. The average Bonchev–Trinajstić information content (AvgIpc) is 2.47. The van der Waals surface area contributed by atoms with Crippen molar-refractivity contribution in [1.29, 1.82) is 0 Å². The summed E-state index contributed by atoms with van der Waals surface area (Å²) in [5.41, 5.74) is 0.929. The van der Waals surface area contributed by atoms with E-state index in [4.69, 9.17) is 0 Å². The van der Waals surface area contributed by atoms with Crippen LogP contribution in [0.3, 0.4) is 0 Å². The highest BCUT2D eigenvalue weighted by atomic mass is 32.2. The number of hydrogen-bond acceptors (Lipinski definition) is 4. The summed E-state index contributed by atoms with van der Waals surface area (Å²) < 4.78 is 0.114. The molecule has 0 spiro atoms. The fraction of sp³-hybridized carbons (Fsp3) is 0.750. The minimum Gasteiger partial charge on any atom is -0.366 e. The smallest absolute Gasteiger partial charge is 0.165 e. The first-order valence-electron chi connectivity index (χ1n) is 5.75. The van der Waals surface area contributed by atoms with Crippen LogP contribution in [-0.4, -0.2) is 30.7 Å². The van der Waals surface area contributed by atoms with Gasteiger partial charge in [0.1, 0.15) is 0 Å². The van der Waals surface area contributed by atoms with Crippen LogP contribution in [0.2, 0.25) is 0 Å². The van der Waals surface area contributed by atoms with E-state index >= 15 is 0 Å². The van der Waals surface area contributed by atoms with E-state index in [0.717, 1.165) is 10.9 Å². The van der Waals surface area contributed by atoms with E-state index in [-0.39, 0.29) is 10.7 Å². The molecule has 1 aromatic heterocycles. The SMILES string of the molecule is C[C@@H](Cc1cnc(SC(C)(C)C)[nH]1)C(C)(O)O. The quantitative estimate of drug-likeness (QED) is 0.572. The number of H-pyrrole nitrogens is 1. The van der Waals surface area contributed by atoms with Crippen LogP contribution in [0.15, 0.2) is 11.4 Å². The van der Waals surface area contributed by atoms with Crippen LogP contribution >= 0.6 is 11.8 Å². The molecule has 0 saturated carbocycles. The van der Waals surface area contributed by atoms with Crippen LogP contribution in [0.1, 0.15) is 40.3 Å². The standard InChI is InChI=1S/C12H22N2O2S/c1-8(12(5,15)16)6-9-7-13-10(14-9)17-11(2,3)4/h7-8,15-16H,6H2,1-5H3,(H,13,14)/t8-/m0/s1. The maximum absolute atomic E-state index is 9.46. The largest absolute Gasteiger partial charge is 0.366 e. The molecule has 1 rings (SSSR count). The number of thioether (sulfide) groups is 1. The van der Waals surface area contributed by atoms with Gasteiger partial charge in [0, 0.05) is 22.6 Å². The third-order valence-electron chi connectivity index (χ3n) is 2.47. The number of hydrogen-bond donors (Lipinski definition) is 3. The zero-order valence-corrected chi connectivity index (χ0v) is 11.9. The molecule has 4 nitrogen and oxygen atoms in total. The van der Waals surface area contributed by atoms with Gasteiger partial charge in [-0.1, -0.05) is 39.5 Å². The Labute approximate surface area is 107 Å². The molecule has 0 saturated heterocycles. The lowest BCUT2D eigenvalue weighted by Gasteiger charge is -2.23. The number of imidazole rings is 1. The topological polar surface area (TPSA) is 69.1 Å². The van der Waals surface area contributed by atoms with Gasteiger partial charge >= 0.3 is 0 Å². The molecule has 98 valence electrons. The van der Waals surface area contributed by atoms with Crippen LogP contribution in [0.25, 0.3) is 0 Å². The zero-order valence-electron chi connectivity index (χ0n) is 11.1. The minimum atomic E-state index is -1.65. The van der Waals surface area contributed by atoms with Crippen LogP contribution in [0.4, 0.5) is 0 Å². The van der Waals surface area contributed by atoms with Gasteiger partial charge in [-0.25, -0.2) is 4.98 Å². The molecule has 5 heteroatoms. The first-order valence-corrected chi connectivity index (χ1v) is 6.57. The van der Waals surface area contributed by atoms with Gasteiger partial charge in [0.05, 0.1) is 0 Å². The lowest BCUT2D eigenvalue weighted by Crippen LogP contribution is -2.33. The van der Waals surface area contributed by atoms with Gasteiger partial charge in [0.25, 0.3) is 0 Å². The molecule has 1 heterocycles. The molecule has 0 radical (unpaired) electrons. The van der Waals surface area contributed by atoms with E-state index in [1.807, 2.05) is 0 Å². The van der Waals surface area contributed by atoms with Gasteiger partial charge in [-0.05, 0) is 13.3 Å². The predicted octanol–water partition coefficient (Wildman–Crippen LogP) is 2.18. The molecule has 17 heavy (non-hydrogen) atoms.